The lowest BCUT2D eigenvalue weighted by Gasteiger charge is -2.22. The van der Waals surface area contributed by atoms with Crippen LogP contribution < -0.4 is 4.74 Å². The largest absolute Gasteiger partial charge is 0.457 e. The van der Waals surface area contributed by atoms with Gasteiger partial charge in [0.2, 0.25) is 0 Å². The van der Waals surface area contributed by atoms with E-state index < -0.39 is 12.3 Å². The average molecular weight is 274 g/mol. The molecule has 0 aliphatic carbocycles. The highest BCUT2D eigenvalue weighted by Gasteiger charge is 2.22. The summed E-state index contributed by atoms with van der Waals surface area (Å²) in [5, 5.41) is 10.1. The Hall–Kier alpha value is -1.87. The van der Waals surface area contributed by atoms with Gasteiger partial charge in [0, 0.05) is 6.42 Å². The number of ether oxygens (including phenoxy) is 1. The van der Waals surface area contributed by atoms with Gasteiger partial charge in [0.15, 0.2) is 0 Å². The predicted molar refractivity (Wildman–Crippen MR) is 77.9 cm³/mol. The van der Waals surface area contributed by atoms with Crippen LogP contribution in [0.3, 0.4) is 0 Å². The van der Waals surface area contributed by atoms with Crippen molar-refractivity contribution in [3.05, 3.63) is 59.7 Å². The highest BCUT2D eigenvalue weighted by molar-refractivity contribution is 5.36. The molecule has 106 valence electrons. The highest BCUT2D eigenvalue weighted by Crippen LogP contribution is 2.28. The Kier molecular flexibility index (Phi) is 4.40. The van der Waals surface area contributed by atoms with Crippen LogP contribution in [0.25, 0.3) is 0 Å². The van der Waals surface area contributed by atoms with Gasteiger partial charge in [0.1, 0.15) is 11.5 Å². The second-order valence-electron chi connectivity index (χ2n) is 5.16. The molecule has 2 aromatic carbocycles. The van der Waals surface area contributed by atoms with E-state index >= 15 is 0 Å². The summed E-state index contributed by atoms with van der Waals surface area (Å²) in [7, 11) is 0. The number of aryl methyl sites for hydroxylation is 1. The van der Waals surface area contributed by atoms with Crippen LogP contribution in [0.5, 0.6) is 11.5 Å². The molecule has 0 amide bonds. The molecule has 1 N–H and O–H groups in total. The molecule has 1 atom stereocenters. The van der Waals surface area contributed by atoms with Crippen molar-refractivity contribution in [1.82, 2.24) is 0 Å². The molecular formula is C17H19FO2. The lowest BCUT2D eigenvalue weighted by Crippen LogP contribution is -2.21. The van der Waals surface area contributed by atoms with Gasteiger partial charge in [0.05, 0.1) is 12.3 Å². The number of aliphatic hydroxyl groups is 1. The molecular weight excluding hydrogens is 255 g/mol. The zero-order chi connectivity index (χ0) is 14.6. The molecule has 2 nitrogen and oxygen atoms in total. The summed E-state index contributed by atoms with van der Waals surface area (Å²) in [5.41, 5.74) is 0.674. The van der Waals surface area contributed by atoms with E-state index in [4.69, 9.17) is 4.74 Å². The van der Waals surface area contributed by atoms with Crippen molar-refractivity contribution in [3.8, 4) is 11.5 Å². The Balaban J connectivity index is 2.12. The molecule has 0 heterocycles. The van der Waals surface area contributed by atoms with Crippen LogP contribution in [0, 0.1) is 6.92 Å². The Bertz CT molecular complexity index is 561. The molecule has 0 spiro atoms. The van der Waals surface area contributed by atoms with Crippen LogP contribution in [0.2, 0.25) is 0 Å². The second kappa shape index (κ2) is 6.06. The fourth-order valence-corrected chi connectivity index (χ4v) is 2.03. The minimum absolute atomic E-state index is 0.0884. The quantitative estimate of drug-likeness (QED) is 0.878. The van der Waals surface area contributed by atoms with E-state index in [2.05, 4.69) is 0 Å². The topological polar surface area (TPSA) is 29.5 Å². The van der Waals surface area contributed by atoms with Crippen LogP contribution in [0.4, 0.5) is 4.39 Å². The van der Waals surface area contributed by atoms with Gasteiger partial charge in [-0.1, -0.05) is 24.3 Å². The van der Waals surface area contributed by atoms with Crippen LogP contribution >= 0.6 is 0 Å². The number of rotatable bonds is 5. The molecule has 2 aromatic rings. The van der Waals surface area contributed by atoms with Gasteiger partial charge in [-0.25, -0.2) is 0 Å². The average Bonchev–Trinajstić information content (AvgIpc) is 2.39. The third-order valence-electron chi connectivity index (χ3n) is 3.28. The molecule has 3 heteroatoms. The van der Waals surface area contributed by atoms with E-state index in [1.807, 2.05) is 31.2 Å². The van der Waals surface area contributed by atoms with Crippen molar-refractivity contribution < 1.29 is 14.2 Å². The first kappa shape index (κ1) is 14.5. The lowest BCUT2D eigenvalue weighted by atomic mass is 9.93. The van der Waals surface area contributed by atoms with Crippen LogP contribution in [0.1, 0.15) is 24.5 Å². The Morgan fingerprint density at radius 1 is 1.10 bits per heavy atom. The summed E-state index contributed by atoms with van der Waals surface area (Å²) < 4.78 is 18.1. The van der Waals surface area contributed by atoms with Gasteiger partial charge in [-0.15, -0.1) is 0 Å². The first-order valence-electron chi connectivity index (χ1n) is 6.65. The summed E-state index contributed by atoms with van der Waals surface area (Å²) in [6, 6.07) is 14.9. The van der Waals surface area contributed by atoms with Crippen molar-refractivity contribution in [2.24, 2.45) is 0 Å². The van der Waals surface area contributed by atoms with Crippen LogP contribution in [0.15, 0.2) is 48.5 Å². The summed E-state index contributed by atoms with van der Waals surface area (Å²) >= 11 is 0. The summed E-state index contributed by atoms with van der Waals surface area (Å²) in [5.74, 6) is 1.46. The molecule has 0 aliphatic heterocycles. The van der Waals surface area contributed by atoms with E-state index in [-0.39, 0.29) is 6.42 Å². The molecule has 0 aromatic heterocycles. The van der Waals surface area contributed by atoms with Gasteiger partial charge in [-0.2, -0.15) is 0 Å². The van der Waals surface area contributed by atoms with Gasteiger partial charge in [0.25, 0.3) is 0 Å². The molecule has 0 radical (unpaired) electrons. The van der Waals surface area contributed by atoms with Crippen LogP contribution in [-0.2, 0) is 5.60 Å². The number of alkyl halides is 1. The van der Waals surface area contributed by atoms with Crippen LogP contribution in [-0.4, -0.2) is 11.8 Å². The van der Waals surface area contributed by atoms with Gasteiger partial charge >= 0.3 is 0 Å². The maximum absolute atomic E-state index is 12.4. The molecule has 0 bridgehead atoms. The maximum Gasteiger partial charge on any atom is 0.127 e. The zero-order valence-electron chi connectivity index (χ0n) is 11.8. The molecule has 0 fully saturated rings. The molecule has 20 heavy (non-hydrogen) atoms. The van der Waals surface area contributed by atoms with Gasteiger partial charge < -0.3 is 9.84 Å². The number of halogens is 1. The SMILES string of the molecule is Cc1cccc(Oc2ccc(C(C)(O)CCF)cc2)c1. The standard InChI is InChI=1S/C17H19FO2/c1-13-4-3-5-16(12-13)20-15-8-6-14(7-9-15)17(2,19)10-11-18/h3-9,12,19H,10-11H2,1-2H3. The first-order valence-corrected chi connectivity index (χ1v) is 6.65. The molecule has 0 aliphatic rings. The van der Waals surface area contributed by atoms with E-state index in [1.165, 1.54) is 0 Å². The number of hydrogen-bond donors (Lipinski definition) is 1. The van der Waals surface area contributed by atoms with E-state index in [9.17, 15) is 9.50 Å². The summed E-state index contributed by atoms with van der Waals surface area (Å²) in [6.45, 7) is 3.07. The van der Waals surface area contributed by atoms with E-state index in [0.717, 1.165) is 11.3 Å². The predicted octanol–water partition coefficient (Wildman–Crippen LogP) is 4.35. The van der Waals surface area contributed by atoms with Gasteiger partial charge in [-0.05, 0) is 49.2 Å². The van der Waals surface area contributed by atoms with Crippen molar-refractivity contribution in [1.29, 1.82) is 0 Å². The van der Waals surface area contributed by atoms with Crippen molar-refractivity contribution in [3.63, 3.8) is 0 Å². The Morgan fingerprint density at radius 2 is 1.80 bits per heavy atom. The summed E-state index contributed by atoms with van der Waals surface area (Å²) in [4.78, 5) is 0. The molecule has 0 saturated carbocycles. The Labute approximate surface area is 118 Å². The minimum atomic E-state index is -1.14. The van der Waals surface area contributed by atoms with Crippen molar-refractivity contribution in [2.45, 2.75) is 25.9 Å². The maximum atomic E-state index is 12.4. The Morgan fingerprint density at radius 3 is 2.40 bits per heavy atom. The smallest absolute Gasteiger partial charge is 0.127 e. The van der Waals surface area contributed by atoms with E-state index in [1.54, 1.807) is 31.2 Å². The normalized spacial score (nSPS) is 13.8. The van der Waals surface area contributed by atoms with Crippen molar-refractivity contribution in [2.75, 3.05) is 6.67 Å². The molecule has 0 saturated heterocycles. The lowest BCUT2D eigenvalue weighted by molar-refractivity contribution is 0.0408. The number of hydrogen-bond acceptors (Lipinski definition) is 2. The first-order chi connectivity index (χ1) is 9.51. The third-order valence-corrected chi connectivity index (χ3v) is 3.28. The molecule has 1 unspecified atom stereocenters. The second-order valence-corrected chi connectivity index (χ2v) is 5.16. The number of benzene rings is 2. The fourth-order valence-electron chi connectivity index (χ4n) is 2.03. The summed E-state index contributed by atoms with van der Waals surface area (Å²) in [6.07, 6.45) is 0.0884. The monoisotopic (exact) mass is 274 g/mol. The van der Waals surface area contributed by atoms with Crippen molar-refractivity contribution >= 4 is 0 Å². The zero-order valence-corrected chi connectivity index (χ0v) is 11.8. The fraction of sp³-hybridized carbons (Fsp3) is 0.294. The van der Waals surface area contributed by atoms with Gasteiger partial charge in [-0.3, -0.25) is 4.39 Å². The minimum Gasteiger partial charge on any atom is -0.457 e. The highest BCUT2D eigenvalue weighted by atomic mass is 19.1. The van der Waals surface area contributed by atoms with E-state index in [0.29, 0.717) is 11.3 Å². The third kappa shape index (κ3) is 3.58. The molecule has 2 rings (SSSR count).